The molecule has 0 saturated heterocycles. The molecule has 1 amide bonds. The van der Waals surface area contributed by atoms with Crippen molar-refractivity contribution in [3.63, 3.8) is 0 Å². The van der Waals surface area contributed by atoms with Gasteiger partial charge in [-0.1, -0.05) is 13.8 Å². The molecule has 0 bridgehead atoms. The molecule has 0 aromatic carbocycles. The van der Waals surface area contributed by atoms with E-state index in [0.717, 1.165) is 6.54 Å². The van der Waals surface area contributed by atoms with Gasteiger partial charge in [0.05, 0.1) is 25.9 Å². The molecule has 0 aromatic heterocycles. The fourth-order valence-electron chi connectivity index (χ4n) is 1.26. The van der Waals surface area contributed by atoms with Crippen LogP contribution in [0.1, 0.15) is 34.1 Å². The maximum atomic E-state index is 11.4. The molecule has 0 aliphatic carbocycles. The van der Waals surface area contributed by atoms with Crippen LogP contribution in [0.3, 0.4) is 0 Å². The summed E-state index contributed by atoms with van der Waals surface area (Å²) in [7, 11) is 0. The molecule has 0 saturated carbocycles. The van der Waals surface area contributed by atoms with Gasteiger partial charge in [-0.3, -0.25) is 4.79 Å². The molecule has 0 radical (unpaired) electrons. The van der Waals surface area contributed by atoms with Gasteiger partial charge in [0.1, 0.15) is 0 Å². The highest BCUT2D eigenvalue weighted by molar-refractivity contribution is 5.75. The van der Waals surface area contributed by atoms with Crippen LogP contribution in [-0.4, -0.2) is 51.0 Å². The minimum atomic E-state index is 0.0131. The van der Waals surface area contributed by atoms with Crippen molar-refractivity contribution in [2.75, 3.05) is 32.9 Å². The van der Waals surface area contributed by atoms with E-state index in [-0.39, 0.29) is 12.0 Å². The smallest absolute Gasteiger partial charge is 0.222 e. The SMILES string of the molecule is CC(C)NCCOCCC(=O)NCCOC(C)C. The molecule has 2 N–H and O–H groups in total. The molecule has 0 fully saturated rings. The summed E-state index contributed by atoms with van der Waals surface area (Å²) >= 11 is 0. The Kier molecular flexibility index (Phi) is 11.0. The first-order valence-corrected chi connectivity index (χ1v) is 6.71. The lowest BCUT2D eigenvalue weighted by atomic mass is 10.4. The van der Waals surface area contributed by atoms with Crippen molar-refractivity contribution in [1.82, 2.24) is 10.6 Å². The summed E-state index contributed by atoms with van der Waals surface area (Å²) in [5, 5.41) is 6.03. The second-order valence-electron chi connectivity index (χ2n) is 4.74. The molecule has 0 atom stereocenters. The van der Waals surface area contributed by atoms with E-state index >= 15 is 0 Å². The van der Waals surface area contributed by atoms with Gasteiger partial charge in [-0.2, -0.15) is 0 Å². The molecule has 108 valence electrons. The topological polar surface area (TPSA) is 59.6 Å². The second-order valence-corrected chi connectivity index (χ2v) is 4.74. The highest BCUT2D eigenvalue weighted by Crippen LogP contribution is 1.87. The van der Waals surface area contributed by atoms with Gasteiger partial charge < -0.3 is 20.1 Å². The zero-order valence-electron chi connectivity index (χ0n) is 12.1. The molecule has 0 aliphatic heterocycles. The first-order valence-electron chi connectivity index (χ1n) is 6.71. The van der Waals surface area contributed by atoms with Crippen LogP contribution in [0.15, 0.2) is 0 Å². The molecular formula is C13H28N2O3. The number of carbonyl (C=O) groups is 1. The maximum absolute atomic E-state index is 11.4. The van der Waals surface area contributed by atoms with E-state index in [1.54, 1.807) is 0 Å². The van der Waals surface area contributed by atoms with Gasteiger partial charge in [0.25, 0.3) is 0 Å². The van der Waals surface area contributed by atoms with Crippen LogP contribution < -0.4 is 10.6 Å². The average molecular weight is 260 g/mol. The zero-order valence-corrected chi connectivity index (χ0v) is 12.1. The van der Waals surface area contributed by atoms with E-state index in [2.05, 4.69) is 24.5 Å². The minimum absolute atomic E-state index is 0.0131. The quantitative estimate of drug-likeness (QED) is 0.543. The van der Waals surface area contributed by atoms with E-state index in [9.17, 15) is 4.79 Å². The van der Waals surface area contributed by atoms with Crippen LogP contribution in [0.25, 0.3) is 0 Å². The highest BCUT2D eigenvalue weighted by Gasteiger charge is 2.01. The third-order valence-corrected chi connectivity index (χ3v) is 2.15. The lowest BCUT2D eigenvalue weighted by molar-refractivity contribution is -0.122. The first-order chi connectivity index (χ1) is 8.52. The van der Waals surface area contributed by atoms with Crippen molar-refractivity contribution in [3.05, 3.63) is 0 Å². The fraction of sp³-hybridized carbons (Fsp3) is 0.923. The van der Waals surface area contributed by atoms with Gasteiger partial charge >= 0.3 is 0 Å². The monoisotopic (exact) mass is 260 g/mol. The Bertz CT molecular complexity index is 208. The van der Waals surface area contributed by atoms with Crippen LogP contribution in [0, 0.1) is 0 Å². The van der Waals surface area contributed by atoms with Crippen LogP contribution in [-0.2, 0) is 14.3 Å². The van der Waals surface area contributed by atoms with Crippen LogP contribution in [0.4, 0.5) is 0 Å². The van der Waals surface area contributed by atoms with Gasteiger partial charge in [-0.25, -0.2) is 0 Å². The zero-order chi connectivity index (χ0) is 13.8. The number of rotatable bonds is 11. The van der Waals surface area contributed by atoms with Crippen molar-refractivity contribution < 1.29 is 14.3 Å². The molecule has 5 heteroatoms. The average Bonchev–Trinajstić information content (AvgIpc) is 2.28. The van der Waals surface area contributed by atoms with E-state index in [4.69, 9.17) is 9.47 Å². The second kappa shape index (κ2) is 11.4. The third-order valence-electron chi connectivity index (χ3n) is 2.15. The summed E-state index contributed by atoms with van der Waals surface area (Å²) in [5.41, 5.74) is 0. The minimum Gasteiger partial charge on any atom is -0.380 e. The standard InChI is InChI=1S/C13H28N2O3/c1-11(2)14-6-9-17-8-5-13(16)15-7-10-18-12(3)4/h11-12,14H,5-10H2,1-4H3,(H,15,16). The number of nitrogens with one attached hydrogen (secondary N) is 2. The Morgan fingerprint density at radius 3 is 2.39 bits per heavy atom. The Balaban J connectivity index is 3.22. The first kappa shape index (κ1) is 17.4. The summed E-state index contributed by atoms with van der Waals surface area (Å²) < 4.78 is 10.7. The molecular weight excluding hydrogens is 232 g/mol. The Morgan fingerprint density at radius 1 is 1.06 bits per heavy atom. The summed E-state index contributed by atoms with van der Waals surface area (Å²) in [5.74, 6) is 0.0131. The van der Waals surface area contributed by atoms with Gasteiger partial charge in [0.2, 0.25) is 5.91 Å². The van der Waals surface area contributed by atoms with Gasteiger partial charge in [-0.15, -0.1) is 0 Å². The van der Waals surface area contributed by atoms with Gasteiger partial charge in [0.15, 0.2) is 0 Å². The number of ether oxygens (including phenoxy) is 2. The van der Waals surface area contributed by atoms with Crippen molar-refractivity contribution in [2.24, 2.45) is 0 Å². The van der Waals surface area contributed by atoms with Crippen molar-refractivity contribution in [1.29, 1.82) is 0 Å². The summed E-state index contributed by atoms with van der Waals surface area (Å²) in [6, 6.07) is 0.470. The molecule has 0 aliphatic rings. The van der Waals surface area contributed by atoms with E-state index < -0.39 is 0 Å². The van der Waals surface area contributed by atoms with Crippen LogP contribution in [0.5, 0.6) is 0 Å². The third kappa shape index (κ3) is 13.4. The molecule has 0 spiro atoms. The number of amides is 1. The fourth-order valence-corrected chi connectivity index (χ4v) is 1.26. The predicted octanol–water partition coefficient (Wildman–Crippen LogP) is 0.932. The molecule has 0 heterocycles. The summed E-state index contributed by atoms with van der Waals surface area (Å²) in [6.45, 7) is 11.2. The van der Waals surface area contributed by atoms with Gasteiger partial charge in [0, 0.05) is 25.6 Å². The maximum Gasteiger partial charge on any atom is 0.222 e. The lowest BCUT2D eigenvalue weighted by Gasteiger charge is -2.10. The van der Waals surface area contributed by atoms with Crippen molar-refractivity contribution in [2.45, 2.75) is 46.3 Å². The van der Waals surface area contributed by atoms with Gasteiger partial charge in [-0.05, 0) is 13.8 Å². The highest BCUT2D eigenvalue weighted by atomic mass is 16.5. The number of hydrogen-bond donors (Lipinski definition) is 2. The number of carbonyl (C=O) groups excluding carboxylic acids is 1. The molecule has 18 heavy (non-hydrogen) atoms. The molecule has 5 nitrogen and oxygen atoms in total. The Hall–Kier alpha value is -0.650. The van der Waals surface area contributed by atoms with E-state index in [0.29, 0.717) is 38.8 Å². The number of hydrogen-bond acceptors (Lipinski definition) is 4. The predicted molar refractivity (Wildman–Crippen MR) is 72.7 cm³/mol. The van der Waals surface area contributed by atoms with Crippen LogP contribution in [0.2, 0.25) is 0 Å². The van der Waals surface area contributed by atoms with Crippen molar-refractivity contribution in [3.8, 4) is 0 Å². The Labute approximate surface area is 111 Å². The summed E-state index contributed by atoms with van der Waals surface area (Å²) in [4.78, 5) is 11.4. The van der Waals surface area contributed by atoms with E-state index in [1.807, 2.05) is 13.8 Å². The van der Waals surface area contributed by atoms with Crippen LogP contribution >= 0.6 is 0 Å². The van der Waals surface area contributed by atoms with E-state index in [1.165, 1.54) is 0 Å². The molecule has 0 rings (SSSR count). The lowest BCUT2D eigenvalue weighted by Crippen LogP contribution is -2.29. The van der Waals surface area contributed by atoms with Crippen molar-refractivity contribution >= 4 is 5.91 Å². The molecule has 0 aromatic rings. The Morgan fingerprint density at radius 2 is 1.78 bits per heavy atom. The largest absolute Gasteiger partial charge is 0.380 e. The normalized spacial score (nSPS) is 11.2. The molecule has 0 unspecified atom stereocenters. The summed E-state index contributed by atoms with van der Waals surface area (Å²) in [6.07, 6.45) is 0.613.